The average Bonchev–Trinajstić information content (AvgIpc) is 2.63. The molecule has 0 heterocycles. The molecular formula is C20H21Cl2N3O3. The quantitative estimate of drug-likeness (QED) is 0.748. The number of nitrogens with zero attached hydrogens (tertiary/aromatic N) is 1. The van der Waals surface area contributed by atoms with Gasteiger partial charge in [-0.2, -0.15) is 0 Å². The summed E-state index contributed by atoms with van der Waals surface area (Å²) in [5.41, 5.74) is 1.89. The van der Waals surface area contributed by atoms with Crippen LogP contribution in [0.1, 0.15) is 22.8 Å². The summed E-state index contributed by atoms with van der Waals surface area (Å²) in [5.74, 6) is -1.13. The van der Waals surface area contributed by atoms with Gasteiger partial charge in [-0.05, 0) is 44.2 Å². The Morgan fingerprint density at radius 1 is 1.07 bits per heavy atom. The number of carbonyl (C=O) groups excluding carboxylic acids is 3. The van der Waals surface area contributed by atoms with E-state index in [0.29, 0.717) is 21.3 Å². The van der Waals surface area contributed by atoms with Gasteiger partial charge in [0.05, 0.1) is 16.6 Å². The molecule has 28 heavy (non-hydrogen) atoms. The third kappa shape index (κ3) is 5.97. The Kier molecular flexibility index (Phi) is 7.43. The van der Waals surface area contributed by atoms with Crippen molar-refractivity contribution in [2.75, 3.05) is 18.9 Å². The van der Waals surface area contributed by atoms with Gasteiger partial charge in [0.2, 0.25) is 11.8 Å². The standard InChI is InChI=1S/C20H21Cl2N3O3/c1-12-5-4-6-14(9-12)19(27)23-13(2)20(28)25(3)11-18(26)24-15-7-8-16(21)17(22)10-15/h4-10,13H,11H2,1-3H3,(H,23,27)(H,24,26)/t13-/m0/s1. The van der Waals surface area contributed by atoms with E-state index in [1.807, 2.05) is 13.0 Å². The van der Waals surface area contributed by atoms with Crippen LogP contribution in [0.25, 0.3) is 0 Å². The Hall–Kier alpha value is -2.57. The Balaban J connectivity index is 1.90. The summed E-state index contributed by atoms with van der Waals surface area (Å²) in [5, 5.41) is 5.99. The van der Waals surface area contributed by atoms with Crippen LogP contribution in [0, 0.1) is 6.92 Å². The van der Waals surface area contributed by atoms with E-state index in [2.05, 4.69) is 10.6 Å². The van der Waals surface area contributed by atoms with Crippen molar-refractivity contribution in [1.82, 2.24) is 10.2 Å². The van der Waals surface area contributed by atoms with E-state index in [0.717, 1.165) is 5.56 Å². The van der Waals surface area contributed by atoms with Gasteiger partial charge in [0.1, 0.15) is 6.04 Å². The van der Waals surface area contributed by atoms with Crippen molar-refractivity contribution in [1.29, 1.82) is 0 Å². The molecule has 0 fully saturated rings. The number of halogens is 2. The van der Waals surface area contributed by atoms with Crippen molar-refractivity contribution in [2.24, 2.45) is 0 Å². The number of likely N-dealkylation sites (N-methyl/N-ethyl adjacent to an activating group) is 1. The smallest absolute Gasteiger partial charge is 0.251 e. The third-order valence-electron chi connectivity index (χ3n) is 3.96. The van der Waals surface area contributed by atoms with Gasteiger partial charge >= 0.3 is 0 Å². The Bertz CT molecular complexity index is 902. The number of amides is 3. The van der Waals surface area contributed by atoms with Crippen LogP contribution in [0.5, 0.6) is 0 Å². The normalized spacial score (nSPS) is 11.5. The largest absolute Gasteiger partial charge is 0.341 e. The maximum absolute atomic E-state index is 12.5. The third-order valence-corrected chi connectivity index (χ3v) is 4.70. The minimum atomic E-state index is -0.782. The first-order valence-electron chi connectivity index (χ1n) is 8.55. The molecule has 2 rings (SSSR count). The van der Waals surface area contributed by atoms with Crippen molar-refractivity contribution in [3.05, 3.63) is 63.6 Å². The van der Waals surface area contributed by atoms with Crippen LogP contribution in [-0.2, 0) is 9.59 Å². The predicted molar refractivity (Wildman–Crippen MR) is 111 cm³/mol. The minimum absolute atomic E-state index is 0.177. The second kappa shape index (κ2) is 9.57. The summed E-state index contributed by atoms with van der Waals surface area (Å²) in [4.78, 5) is 38.1. The molecule has 2 aromatic rings. The lowest BCUT2D eigenvalue weighted by Gasteiger charge is -2.22. The lowest BCUT2D eigenvalue weighted by atomic mass is 10.1. The lowest BCUT2D eigenvalue weighted by Crippen LogP contribution is -2.47. The molecule has 0 bridgehead atoms. The van der Waals surface area contributed by atoms with Gasteiger partial charge in [-0.15, -0.1) is 0 Å². The highest BCUT2D eigenvalue weighted by molar-refractivity contribution is 6.42. The Labute approximate surface area is 173 Å². The Morgan fingerprint density at radius 3 is 2.43 bits per heavy atom. The average molecular weight is 422 g/mol. The molecule has 0 unspecified atom stereocenters. The molecular weight excluding hydrogens is 401 g/mol. The zero-order valence-corrected chi connectivity index (χ0v) is 17.3. The van der Waals surface area contributed by atoms with Crippen molar-refractivity contribution in [2.45, 2.75) is 19.9 Å². The van der Waals surface area contributed by atoms with Crippen LogP contribution < -0.4 is 10.6 Å². The summed E-state index contributed by atoms with van der Waals surface area (Å²) in [6, 6.07) is 11.0. The molecule has 0 aliphatic rings. The fourth-order valence-electron chi connectivity index (χ4n) is 2.53. The molecule has 0 spiro atoms. The first kappa shape index (κ1) is 21.7. The van der Waals surface area contributed by atoms with E-state index >= 15 is 0 Å². The first-order chi connectivity index (χ1) is 13.2. The molecule has 2 aromatic carbocycles. The van der Waals surface area contributed by atoms with Crippen molar-refractivity contribution < 1.29 is 14.4 Å². The summed E-state index contributed by atoms with van der Waals surface area (Å²) < 4.78 is 0. The maximum atomic E-state index is 12.5. The number of hydrogen-bond acceptors (Lipinski definition) is 3. The minimum Gasteiger partial charge on any atom is -0.341 e. The first-order valence-corrected chi connectivity index (χ1v) is 9.30. The van der Waals surface area contributed by atoms with Gasteiger partial charge in [0.15, 0.2) is 0 Å². The summed E-state index contributed by atoms with van der Waals surface area (Å²) in [6.45, 7) is 3.28. The molecule has 0 aliphatic carbocycles. The fraction of sp³-hybridized carbons (Fsp3) is 0.250. The SMILES string of the molecule is Cc1cccc(C(=O)N[C@@H](C)C(=O)N(C)CC(=O)Nc2ccc(Cl)c(Cl)c2)c1. The van der Waals surface area contributed by atoms with Crippen LogP contribution in [-0.4, -0.2) is 42.3 Å². The second-order valence-electron chi connectivity index (χ2n) is 6.44. The van der Waals surface area contributed by atoms with Gasteiger partial charge in [0.25, 0.3) is 5.91 Å². The monoisotopic (exact) mass is 421 g/mol. The van der Waals surface area contributed by atoms with Gasteiger partial charge < -0.3 is 15.5 Å². The summed E-state index contributed by atoms with van der Waals surface area (Å²) in [7, 11) is 1.49. The molecule has 0 saturated heterocycles. The zero-order chi connectivity index (χ0) is 20.8. The molecule has 0 aromatic heterocycles. The molecule has 6 nitrogen and oxygen atoms in total. The maximum Gasteiger partial charge on any atom is 0.251 e. The van der Waals surface area contributed by atoms with E-state index in [-0.39, 0.29) is 18.4 Å². The predicted octanol–water partition coefficient (Wildman–Crippen LogP) is 3.52. The Morgan fingerprint density at radius 2 is 1.79 bits per heavy atom. The number of anilines is 1. The fourth-order valence-corrected chi connectivity index (χ4v) is 2.82. The topological polar surface area (TPSA) is 78.5 Å². The highest BCUT2D eigenvalue weighted by atomic mass is 35.5. The molecule has 2 N–H and O–H groups in total. The van der Waals surface area contributed by atoms with Crippen molar-refractivity contribution >= 4 is 46.6 Å². The van der Waals surface area contributed by atoms with Crippen molar-refractivity contribution in [3.63, 3.8) is 0 Å². The summed E-state index contributed by atoms with van der Waals surface area (Å²) in [6.07, 6.45) is 0. The lowest BCUT2D eigenvalue weighted by molar-refractivity contribution is -0.134. The molecule has 8 heteroatoms. The van der Waals surface area contributed by atoms with Gasteiger partial charge in [0, 0.05) is 18.3 Å². The second-order valence-corrected chi connectivity index (χ2v) is 7.25. The molecule has 148 valence electrons. The number of aryl methyl sites for hydroxylation is 1. The van der Waals surface area contributed by atoms with Crippen LogP contribution >= 0.6 is 23.2 Å². The van der Waals surface area contributed by atoms with E-state index in [4.69, 9.17) is 23.2 Å². The molecule has 3 amide bonds. The van der Waals surface area contributed by atoms with Crippen LogP contribution in [0.2, 0.25) is 10.0 Å². The highest BCUT2D eigenvalue weighted by Gasteiger charge is 2.22. The number of nitrogens with one attached hydrogen (secondary N) is 2. The van der Waals surface area contributed by atoms with Crippen LogP contribution in [0.15, 0.2) is 42.5 Å². The number of hydrogen-bond donors (Lipinski definition) is 2. The highest BCUT2D eigenvalue weighted by Crippen LogP contribution is 2.24. The van der Waals surface area contributed by atoms with E-state index < -0.39 is 11.9 Å². The van der Waals surface area contributed by atoms with Crippen LogP contribution in [0.4, 0.5) is 5.69 Å². The van der Waals surface area contributed by atoms with E-state index in [1.165, 1.54) is 18.0 Å². The van der Waals surface area contributed by atoms with Crippen molar-refractivity contribution in [3.8, 4) is 0 Å². The summed E-state index contributed by atoms with van der Waals surface area (Å²) >= 11 is 11.8. The molecule has 0 radical (unpaired) electrons. The van der Waals surface area contributed by atoms with Crippen LogP contribution in [0.3, 0.4) is 0 Å². The van der Waals surface area contributed by atoms with Gasteiger partial charge in [-0.25, -0.2) is 0 Å². The number of carbonyl (C=O) groups is 3. The number of rotatable bonds is 6. The van der Waals surface area contributed by atoms with Gasteiger partial charge in [-0.1, -0.05) is 40.9 Å². The zero-order valence-electron chi connectivity index (χ0n) is 15.8. The molecule has 0 saturated carbocycles. The molecule has 0 aliphatic heterocycles. The van der Waals surface area contributed by atoms with Gasteiger partial charge in [-0.3, -0.25) is 14.4 Å². The molecule has 1 atom stereocenters. The number of benzene rings is 2. The van der Waals surface area contributed by atoms with E-state index in [1.54, 1.807) is 37.3 Å². The van der Waals surface area contributed by atoms with E-state index in [9.17, 15) is 14.4 Å².